The molecule has 1 aromatic heterocycles. The Labute approximate surface area is 139 Å². The molecule has 0 unspecified atom stereocenters. The molecule has 1 heterocycles. The van der Waals surface area contributed by atoms with Gasteiger partial charge >= 0.3 is 0 Å². The van der Waals surface area contributed by atoms with E-state index in [-0.39, 0.29) is 5.91 Å². The second-order valence-corrected chi connectivity index (χ2v) is 5.60. The molecule has 1 amide bonds. The lowest BCUT2D eigenvalue weighted by Crippen LogP contribution is -2.14. The SMILES string of the molecule is COc1ccc2nc(C(=O)Nc3ccc(C)cc3Cl)ccc2c1. The fourth-order valence-corrected chi connectivity index (χ4v) is 2.55. The summed E-state index contributed by atoms with van der Waals surface area (Å²) < 4.78 is 5.18. The Morgan fingerprint density at radius 3 is 2.70 bits per heavy atom. The molecular weight excluding hydrogens is 312 g/mol. The molecule has 0 fully saturated rings. The maximum Gasteiger partial charge on any atom is 0.274 e. The molecule has 0 saturated carbocycles. The minimum Gasteiger partial charge on any atom is -0.497 e. The highest BCUT2D eigenvalue weighted by atomic mass is 35.5. The smallest absolute Gasteiger partial charge is 0.274 e. The number of methoxy groups -OCH3 is 1. The van der Waals surface area contributed by atoms with Crippen LogP contribution in [0.25, 0.3) is 10.9 Å². The number of pyridine rings is 1. The van der Waals surface area contributed by atoms with Gasteiger partial charge in [0, 0.05) is 5.39 Å². The molecule has 3 rings (SSSR count). The van der Waals surface area contributed by atoms with Crippen molar-refractivity contribution in [3.63, 3.8) is 0 Å². The Bertz CT molecular complexity index is 893. The van der Waals surface area contributed by atoms with E-state index in [2.05, 4.69) is 10.3 Å². The third kappa shape index (κ3) is 3.27. The number of nitrogens with one attached hydrogen (secondary N) is 1. The van der Waals surface area contributed by atoms with Crippen LogP contribution in [0.2, 0.25) is 5.02 Å². The van der Waals surface area contributed by atoms with Crippen LogP contribution >= 0.6 is 11.6 Å². The molecule has 0 bridgehead atoms. The van der Waals surface area contributed by atoms with Gasteiger partial charge in [-0.15, -0.1) is 0 Å². The topological polar surface area (TPSA) is 51.2 Å². The van der Waals surface area contributed by atoms with Crippen LogP contribution in [0, 0.1) is 6.92 Å². The molecule has 0 aliphatic heterocycles. The molecule has 23 heavy (non-hydrogen) atoms. The molecule has 0 radical (unpaired) electrons. The number of fused-ring (bicyclic) bond motifs is 1. The first kappa shape index (κ1) is 15.3. The third-order valence-electron chi connectivity index (χ3n) is 3.50. The van der Waals surface area contributed by atoms with Crippen LogP contribution in [-0.4, -0.2) is 18.0 Å². The molecule has 0 aliphatic rings. The summed E-state index contributed by atoms with van der Waals surface area (Å²) >= 11 is 6.14. The number of benzene rings is 2. The number of carbonyl (C=O) groups excluding carboxylic acids is 1. The van der Waals surface area contributed by atoms with E-state index in [4.69, 9.17) is 16.3 Å². The molecule has 1 N–H and O–H groups in total. The number of rotatable bonds is 3. The van der Waals surface area contributed by atoms with Crippen molar-refractivity contribution in [3.05, 3.63) is 64.8 Å². The van der Waals surface area contributed by atoms with Crippen LogP contribution in [-0.2, 0) is 0 Å². The predicted octanol–water partition coefficient (Wildman–Crippen LogP) is 4.46. The highest BCUT2D eigenvalue weighted by Gasteiger charge is 2.11. The van der Waals surface area contributed by atoms with Gasteiger partial charge in [-0.1, -0.05) is 23.7 Å². The van der Waals surface area contributed by atoms with Gasteiger partial charge in [0.1, 0.15) is 11.4 Å². The zero-order chi connectivity index (χ0) is 16.4. The van der Waals surface area contributed by atoms with Crippen molar-refractivity contribution in [2.45, 2.75) is 6.92 Å². The van der Waals surface area contributed by atoms with E-state index in [1.807, 2.05) is 37.3 Å². The standard InChI is InChI=1S/C18H15ClN2O2/c1-11-3-6-16(14(19)9-11)21-18(22)17-7-4-12-10-13(23-2)5-8-15(12)20-17/h3-10H,1-2H3,(H,21,22). The van der Waals surface area contributed by atoms with Gasteiger partial charge in [-0.2, -0.15) is 0 Å². The number of anilines is 1. The zero-order valence-electron chi connectivity index (χ0n) is 12.8. The quantitative estimate of drug-likeness (QED) is 0.773. The predicted molar refractivity (Wildman–Crippen MR) is 92.4 cm³/mol. The van der Waals surface area contributed by atoms with Gasteiger partial charge in [-0.25, -0.2) is 4.98 Å². The largest absolute Gasteiger partial charge is 0.497 e. The molecule has 5 heteroatoms. The van der Waals surface area contributed by atoms with Crippen LogP contribution in [0.5, 0.6) is 5.75 Å². The second kappa shape index (κ2) is 6.26. The van der Waals surface area contributed by atoms with E-state index in [9.17, 15) is 4.79 Å². The van der Waals surface area contributed by atoms with E-state index < -0.39 is 0 Å². The first-order chi connectivity index (χ1) is 11.1. The first-order valence-corrected chi connectivity index (χ1v) is 7.47. The lowest BCUT2D eigenvalue weighted by atomic mass is 10.2. The van der Waals surface area contributed by atoms with E-state index >= 15 is 0 Å². The minimum atomic E-state index is -0.298. The normalized spacial score (nSPS) is 10.6. The van der Waals surface area contributed by atoms with Gasteiger partial charge in [0.2, 0.25) is 0 Å². The van der Waals surface area contributed by atoms with Crippen molar-refractivity contribution < 1.29 is 9.53 Å². The maximum atomic E-state index is 12.4. The Kier molecular flexibility index (Phi) is 4.17. The maximum absolute atomic E-state index is 12.4. The molecular formula is C18H15ClN2O2. The molecule has 4 nitrogen and oxygen atoms in total. The minimum absolute atomic E-state index is 0.298. The van der Waals surface area contributed by atoms with E-state index in [0.717, 1.165) is 22.2 Å². The Morgan fingerprint density at radius 2 is 1.96 bits per heavy atom. The number of nitrogens with zero attached hydrogens (tertiary/aromatic N) is 1. The Morgan fingerprint density at radius 1 is 1.13 bits per heavy atom. The van der Waals surface area contributed by atoms with Crippen molar-refractivity contribution in [2.24, 2.45) is 0 Å². The van der Waals surface area contributed by atoms with Gasteiger partial charge in [0.15, 0.2) is 0 Å². The second-order valence-electron chi connectivity index (χ2n) is 5.19. The van der Waals surface area contributed by atoms with Gasteiger partial charge in [0.05, 0.1) is 23.3 Å². The fraction of sp³-hybridized carbons (Fsp3) is 0.111. The Balaban J connectivity index is 1.88. The number of hydrogen-bond donors (Lipinski definition) is 1. The lowest BCUT2D eigenvalue weighted by molar-refractivity contribution is 0.102. The van der Waals surface area contributed by atoms with E-state index in [1.54, 1.807) is 25.3 Å². The monoisotopic (exact) mass is 326 g/mol. The van der Waals surface area contributed by atoms with Gasteiger partial charge in [-0.3, -0.25) is 4.79 Å². The van der Waals surface area contributed by atoms with Crippen LogP contribution in [0.1, 0.15) is 16.1 Å². The fourth-order valence-electron chi connectivity index (χ4n) is 2.26. The number of hydrogen-bond acceptors (Lipinski definition) is 3. The van der Waals surface area contributed by atoms with Crippen LogP contribution in [0.15, 0.2) is 48.5 Å². The third-order valence-corrected chi connectivity index (χ3v) is 3.81. The summed E-state index contributed by atoms with van der Waals surface area (Å²) in [4.78, 5) is 16.7. The number of halogens is 1. The van der Waals surface area contributed by atoms with Crippen LogP contribution in [0.4, 0.5) is 5.69 Å². The summed E-state index contributed by atoms with van der Waals surface area (Å²) in [5, 5.41) is 4.20. The number of carbonyl (C=O) groups is 1. The average Bonchev–Trinajstić information content (AvgIpc) is 2.56. The summed E-state index contributed by atoms with van der Waals surface area (Å²) in [6, 6.07) is 14.5. The lowest BCUT2D eigenvalue weighted by Gasteiger charge is -2.08. The summed E-state index contributed by atoms with van der Waals surface area (Å²) in [7, 11) is 1.61. The molecule has 0 spiro atoms. The number of aryl methyl sites for hydroxylation is 1. The Hall–Kier alpha value is -2.59. The summed E-state index contributed by atoms with van der Waals surface area (Å²) in [6.07, 6.45) is 0. The zero-order valence-corrected chi connectivity index (χ0v) is 13.5. The van der Waals surface area contributed by atoms with Crippen molar-refractivity contribution in [2.75, 3.05) is 12.4 Å². The van der Waals surface area contributed by atoms with Gasteiger partial charge in [0.25, 0.3) is 5.91 Å². The number of amides is 1. The molecule has 0 saturated heterocycles. The summed E-state index contributed by atoms with van der Waals surface area (Å²) in [5.74, 6) is 0.455. The van der Waals surface area contributed by atoms with Crippen molar-refractivity contribution >= 4 is 34.1 Å². The van der Waals surface area contributed by atoms with Gasteiger partial charge in [-0.05, 0) is 48.9 Å². The summed E-state index contributed by atoms with van der Waals surface area (Å²) in [5.41, 5.74) is 2.66. The molecule has 0 aliphatic carbocycles. The van der Waals surface area contributed by atoms with Crippen LogP contribution in [0.3, 0.4) is 0 Å². The van der Waals surface area contributed by atoms with E-state index in [1.165, 1.54) is 0 Å². The van der Waals surface area contributed by atoms with Crippen molar-refractivity contribution in [1.29, 1.82) is 0 Å². The molecule has 3 aromatic rings. The van der Waals surface area contributed by atoms with Crippen molar-refractivity contribution in [1.82, 2.24) is 4.98 Å². The summed E-state index contributed by atoms with van der Waals surface area (Å²) in [6.45, 7) is 1.94. The number of ether oxygens (including phenoxy) is 1. The van der Waals surface area contributed by atoms with E-state index in [0.29, 0.717) is 16.4 Å². The van der Waals surface area contributed by atoms with Crippen LogP contribution < -0.4 is 10.1 Å². The molecule has 2 aromatic carbocycles. The number of aromatic nitrogens is 1. The molecule has 0 atom stereocenters. The molecule has 116 valence electrons. The average molecular weight is 327 g/mol. The highest BCUT2D eigenvalue weighted by molar-refractivity contribution is 6.34. The first-order valence-electron chi connectivity index (χ1n) is 7.09. The highest BCUT2D eigenvalue weighted by Crippen LogP contribution is 2.24. The van der Waals surface area contributed by atoms with Gasteiger partial charge < -0.3 is 10.1 Å². The van der Waals surface area contributed by atoms with Crippen molar-refractivity contribution in [3.8, 4) is 5.75 Å².